The van der Waals surface area contributed by atoms with Crippen molar-refractivity contribution < 1.29 is 9.59 Å². The van der Waals surface area contributed by atoms with Crippen LogP contribution in [0.4, 0.5) is 5.69 Å². The fourth-order valence-electron chi connectivity index (χ4n) is 3.89. The minimum atomic E-state index is 0.0120. The van der Waals surface area contributed by atoms with Gasteiger partial charge in [0.25, 0.3) is 5.91 Å². The number of para-hydroxylation sites is 1. The number of amides is 2. The van der Waals surface area contributed by atoms with Crippen LogP contribution in [0.3, 0.4) is 0 Å². The molecule has 5 nitrogen and oxygen atoms in total. The van der Waals surface area contributed by atoms with E-state index in [2.05, 4.69) is 4.98 Å². The van der Waals surface area contributed by atoms with Gasteiger partial charge in [0, 0.05) is 31.0 Å². The molecule has 1 aromatic carbocycles. The number of benzene rings is 1. The third kappa shape index (κ3) is 2.46. The summed E-state index contributed by atoms with van der Waals surface area (Å²) in [4.78, 5) is 33.2. The molecule has 0 saturated carbocycles. The maximum Gasteiger partial charge on any atom is 0.255 e. The fraction of sp³-hybridized carbons (Fsp3) is 0.316. The lowest BCUT2D eigenvalue weighted by Crippen LogP contribution is -2.53. The number of rotatable bonds is 2. The number of piperidine rings is 1. The molecule has 0 spiro atoms. The van der Waals surface area contributed by atoms with Gasteiger partial charge < -0.3 is 9.80 Å². The lowest BCUT2D eigenvalue weighted by Gasteiger charge is -2.39. The van der Waals surface area contributed by atoms with Crippen molar-refractivity contribution in [1.29, 1.82) is 0 Å². The second-order valence-electron chi connectivity index (χ2n) is 6.30. The number of hydrogen-bond acceptors (Lipinski definition) is 3. The zero-order chi connectivity index (χ0) is 16.5. The minimum Gasteiger partial charge on any atom is -0.333 e. The smallest absolute Gasteiger partial charge is 0.255 e. The van der Waals surface area contributed by atoms with Crippen LogP contribution < -0.4 is 4.90 Å². The molecule has 0 N–H and O–H groups in total. The topological polar surface area (TPSA) is 53.5 Å². The van der Waals surface area contributed by atoms with Crippen LogP contribution in [-0.2, 0) is 4.79 Å². The van der Waals surface area contributed by atoms with Gasteiger partial charge in [-0.2, -0.15) is 0 Å². The number of nitrogens with zero attached hydrogens (tertiary/aromatic N) is 3. The Bertz CT molecular complexity index is 748. The number of pyridine rings is 1. The molecule has 3 heterocycles. The van der Waals surface area contributed by atoms with Crippen LogP contribution in [0.15, 0.2) is 54.9 Å². The van der Waals surface area contributed by atoms with Crippen molar-refractivity contribution >= 4 is 17.5 Å². The van der Waals surface area contributed by atoms with E-state index in [-0.39, 0.29) is 23.9 Å². The van der Waals surface area contributed by atoms with Gasteiger partial charge in [-0.15, -0.1) is 0 Å². The molecule has 2 aliphatic rings. The van der Waals surface area contributed by atoms with E-state index in [9.17, 15) is 9.59 Å². The van der Waals surface area contributed by atoms with E-state index in [1.165, 1.54) is 0 Å². The molecule has 2 aliphatic heterocycles. The monoisotopic (exact) mass is 321 g/mol. The minimum absolute atomic E-state index is 0.0120. The normalized spacial score (nSPS) is 23.2. The van der Waals surface area contributed by atoms with Gasteiger partial charge >= 0.3 is 0 Å². The van der Waals surface area contributed by atoms with E-state index in [0.717, 1.165) is 18.5 Å². The SMILES string of the molecule is O=C(c1cccnc1)N1CC[C@@H]2[C@H]1CCC(=O)N2c1ccccc1. The van der Waals surface area contributed by atoms with Gasteiger partial charge in [0.15, 0.2) is 0 Å². The number of fused-ring (bicyclic) bond motifs is 1. The number of carbonyl (C=O) groups excluding carboxylic acids is 2. The van der Waals surface area contributed by atoms with E-state index in [1.54, 1.807) is 24.5 Å². The van der Waals surface area contributed by atoms with Gasteiger partial charge in [0.05, 0.1) is 17.6 Å². The third-order valence-electron chi connectivity index (χ3n) is 4.97. The van der Waals surface area contributed by atoms with Gasteiger partial charge in [-0.25, -0.2) is 0 Å². The average molecular weight is 321 g/mol. The Morgan fingerprint density at radius 1 is 1.04 bits per heavy atom. The highest BCUT2D eigenvalue weighted by atomic mass is 16.2. The van der Waals surface area contributed by atoms with E-state index < -0.39 is 0 Å². The summed E-state index contributed by atoms with van der Waals surface area (Å²) in [7, 11) is 0. The van der Waals surface area contributed by atoms with Crippen molar-refractivity contribution in [3.63, 3.8) is 0 Å². The summed E-state index contributed by atoms with van der Waals surface area (Å²) in [5.74, 6) is 0.163. The Labute approximate surface area is 140 Å². The third-order valence-corrected chi connectivity index (χ3v) is 4.97. The molecule has 4 rings (SSSR count). The van der Waals surface area contributed by atoms with Crippen molar-refractivity contribution in [1.82, 2.24) is 9.88 Å². The Morgan fingerprint density at radius 3 is 2.62 bits per heavy atom. The summed E-state index contributed by atoms with van der Waals surface area (Å²) in [6.07, 6.45) is 5.31. The number of hydrogen-bond donors (Lipinski definition) is 0. The largest absolute Gasteiger partial charge is 0.333 e. The Morgan fingerprint density at radius 2 is 1.88 bits per heavy atom. The zero-order valence-electron chi connectivity index (χ0n) is 13.3. The van der Waals surface area contributed by atoms with Crippen LogP contribution in [0.25, 0.3) is 0 Å². The molecular formula is C19H19N3O2. The highest BCUT2D eigenvalue weighted by Gasteiger charge is 2.45. The molecule has 0 unspecified atom stereocenters. The summed E-state index contributed by atoms with van der Waals surface area (Å²) >= 11 is 0. The first-order chi connectivity index (χ1) is 11.8. The molecule has 2 atom stereocenters. The van der Waals surface area contributed by atoms with Crippen LogP contribution >= 0.6 is 0 Å². The van der Waals surface area contributed by atoms with Crippen molar-refractivity contribution in [3.05, 3.63) is 60.4 Å². The Kier molecular flexibility index (Phi) is 3.76. The molecule has 0 radical (unpaired) electrons. The number of aromatic nitrogens is 1. The summed E-state index contributed by atoms with van der Waals surface area (Å²) in [5, 5.41) is 0. The van der Waals surface area contributed by atoms with E-state index in [1.807, 2.05) is 40.1 Å². The first-order valence-electron chi connectivity index (χ1n) is 8.34. The second-order valence-corrected chi connectivity index (χ2v) is 6.30. The zero-order valence-corrected chi connectivity index (χ0v) is 13.3. The molecule has 2 saturated heterocycles. The van der Waals surface area contributed by atoms with Crippen LogP contribution in [0, 0.1) is 0 Å². The number of carbonyl (C=O) groups is 2. The Hall–Kier alpha value is -2.69. The molecule has 122 valence electrons. The maximum absolute atomic E-state index is 12.8. The van der Waals surface area contributed by atoms with Crippen molar-refractivity contribution in [2.24, 2.45) is 0 Å². The van der Waals surface area contributed by atoms with Gasteiger partial charge in [-0.1, -0.05) is 18.2 Å². The predicted molar refractivity (Wildman–Crippen MR) is 90.6 cm³/mol. The van der Waals surface area contributed by atoms with Crippen molar-refractivity contribution in [2.75, 3.05) is 11.4 Å². The number of likely N-dealkylation sites (tertiary alicyclic amines) is 1. The van der Waals surface area contributed by atoms with E-state index in [0.29, 0.717) is 18.5 Å². The molecule has 5 heteroatoms. The lowest BCUT2D eigenvalue weighted by molar-refractivity contribution is -0.120. The molecule has 2 fully saturated rings. The maximum atomic E-state index is 12.8. The van der Waals surface area contributed by atoms with E-state index >= 15 is 0 Å². The van der Waals surface area contributed by atoms with Crippen LogP contribution in [0.5, 0.6) is 0 Å². The molecule has 2 aromatic rings. The standard InChI is InChI=1S/C19H19N3O2/c23-18-9-8-16-17(22(18)15-6-2-1-3-7-15)10-12-21(16)19(24)14-5-4-11-20-13-14/h1-7,11,13,16-17H,8-10,12H2/t16-,17-/m1/s1. The first kappa shape index (κ1) is 14.9. The molecule has 2 amide bonds. The molecule has 0 bridgehead atoms. The van der Waals surface area contributed by atoms with Crippen molar-refractivity contribution in [2.45, 2.75) is 31.3 Å². The van der Waals surface area contributed by atoms with Gasteiger partial charge in [-0.3, -0.25) is 14.6 Å². The van der Waals surface area contributed by atoms with Gasteiger partial charge in [0.2, 0.25) is 5.91 Å². The van der Waals surface area contributed by atoms with E-state index in [4.69, 9.17) is 0 Å². The summed E-state index contributed by atoms with van der Waals surface area (Å²) in [5.41, 5.74) is 1.54. The molecule has 1 aromatic heterocycles. The summed E-state index contributed by atoms with van der Waals surface area (Å²) in [6, 6.07) is 13.5. The molecule has 0 aliphatic carbocycles. The van der Waals surface area contributed by atoms with Gasteiger partial charge in [0.1, 0.15) is 0 Å². The average Bonchev–Trinajstić information content (AvgIpc) is 3.06. The highest BCUT2D eigenvalue weighted by molar-refractivity contribution is 5.97. The van der Waals surface area contributed by atoms with Crippen LogP contribution in [-0.4, -0.2) is 40.3 Å². The lowest BCUT2D eigenvalue weighted by atomic mass is 9.95. The van der Waals surface area contributed by atoms with Gasteiger partial charge in [-0.05, 0) is 37.1 Å². The molecular weight excluding hydrogens is 302 g/mol. The predicted octanol–water partition coefficient (Wildman–Crippen LogP) is 2.49. The van der Waals surface area contributed by atoms with Crippen LogP contribution in [0.1, 0.15) is 29.6 Å². The number of anilines is 1. The summed E-state index contributed by atoms with van der Waals surface area (Å²) < 4.78 is 0. The highest BCUT2D eigenvalue weighted by Crippen LogP contribution is 2.35. The van der Waals surface area contributed by atoms with Crippen molar-refractivity contribution in [3.8, 4) is 0 Å². The first-order valence-corrected chi connectivity index (χ1v) is 8.34. The molecule has 24 heavy (non-hydrogen) atoms. The second kappa shape index (κ2) is 6.07. The fourth-order valence-corrected chi connectivity index (χ4v) is 3.89. The quantitative estimate of drug-likeness (QED) is 0.854. The summed E-state index contributed by atoms with van der Waals surface area (Å²) in [6.45, 7) is 0.680. The van der Waals surface area contributed by atoms with Crippen LogP contribution in [0.2, 0.25) is 0 Å². The Balaban J connectivity index is 1.61.